The lowest BCUT2D eigenvalue weighted by Crippen LogP contribution is -2.14. The number of rotatable bonds is 3. The molecular formula is C14H14FN3O. The molecule has 4 nitrogen and oxygen atoms in total. The summed E-state index contributed by atoms with van der Waals surface area (Å²) in [6.45, 7) is 1.78. The number of aromatic nitrogens is 1. The zero-order valence-corrected chi connectivity index (χ0v) is 10.7. The summed E-state index contributed by atoms with van der Waals surface area (Å²) in [5.41, 5.74) is 1.99. The van der Waals surface area contributed by atoms with Crippen molar-refractivity contribution in [2.45, 2.75) is 6.92 Å². The molecule has 19 heavy (non-hydrogen) atoms. The van der Waals surface area contributed by atoms with Crippen LogP contribution < -0.4 is 10.6 Å². The molecule has 0 aliphatic carbocycles. The lowest BCUT2D eigenvalue weighted by atomic mass is 10.2. The summed E-state index contributed by atoms with van der Waals surface area (Å²) in [4.78, 5) is 15.9. The highest BCUT2D eigenvalue weighted by Crippen LogP contribution is 2.16. The second kappa shape index (κ2) is 5.48. The molecule has 0 aliphatic rings. The van der Waals surface area contributed by atoms with E-state index in [9.17, 15) is 9.18 Å². The van der Waals surface area contributed by atoms with Gasteiger partial charge in [-0.3, -0.25) is 4.79 Å². The molecule has 1 amide bonds. The van der Waals surface area contributed by atoms with Crippen LogP contribution in [0.25, 0.3) is 0 Å². The topological polar surface area (TPSA) is 54.0 Å². The van der Waals surface area contributed by atoms with Gasteiger partial charge in [0.2, 0.25) is 0 Å². The Labute approximate surface area is 110 Å². The number of hydrogen-bond acceptors (Lipinski definition) is 3. The van der Waals surface area contributed by atoms with Crippen molar-refractivity contribution in [3.8, 4) is 0 Å². The van der Waals surface area contributed by atoms with E-state index in [1.54, 1.807) is 38.4 Å². The lowest BCUT2D eigenvalue weighted by molar-refractivity contribution is 0.102. The van der Waals surface area contributed by atoms with Gasteiger partial charge < -0.3 is 10.6 Å². The van der Waals surface area contributed by atoms with Crippen molar-refractivity contribution in [3.05, 3.63) is 53.6 Å². The van der Waals surface area contributed by atoms with Gasteiger partial charge in [-0.1, -0.05) is 6.07 Å². The van der Waals surface area contributed by atoms with E-state index in [1.165, 1.54) is 12.1 Å². The molecule has 0 saturated heterocycles. The molecule has 5 heteroatoms. The maximum Gasteiger partial charge on any atom is 0.274 e. The molecule has 98 valence electrons. The number of carbonyl (C=O) groups is 1. The van der Waals surface area contributed by atoms with Crippen LogP contribution in [0.3, 0.4) is 0 Å². The van der Waals surface area contributed by atoms with E-state index in [4.69, 9.17) is 0 Å². The van der Waals surface area contributed by atoms with E-state index in [2.05, 4.69) is 15.6 Å². The Kier molecular flexibility index (Phi) is 3.75. The Morgan fingerprint density at radius 2 is 2.05 bits per heavy atom. The molecule has 1 aromatic heterocycles. The second-order valence-electron chi connectivity index (χ2n) is 4.12. The number of anilines is 2. The van der Waals surface area contributed by atoms with Crippen LogP contribution in [0.1, 0.15) is 16.1 Å². The van der Waals surface area contributed by atoms with Crippen LogP contribution in [0.15, 0.2) is 36.5 Å². The predicted octanol–water partition coefficient (Wildman–Crippen LogP) is 2.82. The largest absolute Gasteiger partial charge is 0.387 e. The number of nitrogens with one attached hydrogen (secondary N) is 2. The van der Waals surface area contributed by atoms with Gasteiger partial charge in [0.1, 0.15) is 11.5 Å². The number of nitrogens with zero attached hydrogens (tertiary/aromatic N) is 1. The Bertz CT molecular complexity index is 596. The summed E-state index contributed by atoms with van der Waals surface area (Å²) in [7, 11) is 1.76. The minimum atomic E-state index is -0.458. The summed E-state index contributed by atoms with van der Waals surface area (Å²) in [6.07, 6.45) is 1.54. The van der Waals surface area contributed by atoms with Crippen LogP contribution in [-0.4, -0.2) is 17.9 Å². The molecule has 2 N–H and O–H groups in total. The van der Waals surface area contributed by atoms with Crippen LogP contribution in [0.4, 0.5) is 15.8 Å². The summed E-state index contributed by atoms with van der Waals surface area (Å²) in [6, 6.07) is 7.94. The normalized spacial score (nSPS) is 10.1. The highest BCUT2D eigenvalue weighted by atomic mass is 19.1. The number of aryl methyl sites for hydroxylation is 1. The van der Waals surface area contributed by atoms with Gasteiger partial charge in [0.15, 0.2) is 0 Å². The first-order valence-corrected chi connectivity index (χ1v) is 5.81. The van der Waals surface area contributed by atoms with Gasteiger partial charge in [-0.2, -0.15) is 0 Å². The molecule has 0 fully saturated rings. The van der Waals surface area contributed by atoms with E-state index < -0.39 is 11.7 Å². The zero-order valence-electron chi connectivity index (χ0n) is 10.7. The fourth-order valence-corrected chi connectivity index (χ4v) is 1.58. The Morgan fingerprint density at radius 3 is 2.63 bits per heavy atom. The molecule has 0 bridgehead atoms. The standard InChI is InChI=1S/C14H14FN3O/c1-9-3-5-12(11(15)7-9)18-14(19)13-6-4-10(16-2)8-17-13/h3-8,16H,1-2H3,(H,18,19). The average Bonchev–Trinajstić information content (AvgIpc) is 2.42. The quantitative estimate of drug-likeness (QED) is 0.891. The molecule has 0 atom stereocenters. The minimum absolute atomic E-state index is 0.148. The van der Waals surface area contributed by atoms with Crippen molar-refractivity contribution in [1.29, 1.82) is 0 Å². The highest BCUT2D eigenvalue weighted by Gasteiger charge is 2.10. The van der Waals surface area contributed by atoms with Crippen molar-refractivity contribution in [2.24, 2.45) is 0 Å². The SMILES string of the molecule is CNc1ccc(C(=O)Nc2ccc(C)cc2F)nc1. The van der Waals surface area contributed by atoms with Gasteiger partial charge in [0.25, 0.3) is 5.91 Å². The van der Waals surface area contributed by atoms with Crippen LogP contribution >= 0.6 is 0 Å². The maximum absolute atomic E-state index is 13.6. The van der Waals surface area contributed by atoms with Crippen LogP contribution in [0.2, 0.25) is 0 Å². The highest BCUT2D eigenvalue weighted by molar-refractivity contribution is 6.03. The van der Waals surface area contributed by atoms with Crippen molar-refractivity contribution in [3.63, 3.8) is 0 Å². The first kappa shape index (κ1) is 13.0. The Morgan fingerprint density at radius 1 is 1.26 bits per heavy atom. The van der Waals surface area contributed by atoms with Crippen LogP contribution in [0.5, 0.6) is 0 Å². The summed E-state index contributed by atoms with van der Waals surface area (Å²) >= 11 is 0. The fourth-order valence-electron chi connectivity index (χ4n) is 1.58. The predicted molar refractivity (Wildman–Crippen MR) is 72.9 cm³/mol. The lowest BCUT2D eigenvalue weighted by Gasteiger charge is -2.07. The van der Waals surface area contributed by atoms with E-state index >= 15 is 0 Å². The molecule has 0 radical (unpaired) electrons. The number of amides is 1. The number of halogens is 1. The van der Waals surface area contributed by atoms with E-state index in [1.807, 2.05) is 0 Å². The van der Waals surface area contributed by atoms with Gasteiger partial charge in [0.05, 0.1) is 17.6 Å². The molecule has 0 unspecified atom stereocenters. The molecule has 2 rings (SSSR count). The van der Waals surface area contributed by atoms with Gasteiger partial charge in [-0.25, -0.2) is 9.37 Å². The molecule has 0 saturated carbocycles. The summed E-state index contributed by atoms with van der Waals surface area (Å²) < 4.78 is 13.6. The average molecular weight is 259 g/mol. The summed E-state index contributed by atoms with van der Waals surface area (Å²) in [5.74, 6) is -0.898. The van der Waals surface area contributed by atoms with Crippen molar-refractivity contribution < 1.29 is 9.18 Å². The number of benzene rings is 1. The fraction of sp³-hybridized carbons (Fsp3) is 0.143. The minimum Gasteiger partial charge on any atom is -0.387 e. The zero-order chi connectivity index (χ0) is 13.8. The Hall–Kier alpha value is -2.43. The Balaban J connectivity index is 2.15. The molecule has 1 heterocycles. The first-order valence-electron chi connectivity index (χ1n) is 5.81. The molecule has 1 aromatic carbocycles. The van der Waals surface area contributed by atoms with Gasteiger partial charge >= 0.3 is 0 Å². The maximum atomic E-state index is 13.6. The smallest absolute Gasteiger partial charge is 0.274 e. The molecular weight excluding hydrogens is 245 g/mol. The summed E-state index contributed by atoms with van der Waals surface area (Å²) in [5, 5.41) is 5.40. The third-order valence-corrected chi connectivity index (χ3v) is 2.66. The third-order valence-electron chi connectivity index (χ3n) is 2.66. The monoisotopic (exact) mass is 259 g/mol. The molecule has 0 aliphatic heterocycles. The van der Waals surface area contributed by atoms with Gasteiger partial charge in [0, 0.05) is 7.05 Å². The first-order chi connectivity index (χ1) is 9.10. The van der Waals surface area contributed by atoms with Crippen molar-refractivity contribution in [2.75, 3.05) is 17.7 Å². The van der Waals surface area contributed by atoms with E-state index in [0.29, 0.717) is 0 Å². The number of carbonyl (C=O) groups excluding carboxylic acids is 1. The van der Waals surface area contributed by atoms with Crippen LogP contribution in [-0.2, 0) is 0 Å². The van der Waals surface area contributed by atoms with Crippen molar-refractivity contribution >= 4 is 17.3 Å². The third kappa shape index (κ3) is 3.07. The number of pyridine rings is 1. The molecule has 2 aromatic rings. The van der Waals surface area contributed by atoms with E-state index in [-0.39, 0.29) is 11.4 Å². The second-order valence-corrected chi connectivity index (χ2v) is 4.12. The van der Waals surface area contributed by atoms with Gasteiger partial charge in [-0.15, -0.1) is 0 Å². The molecule has 0 spiro atoms. The van der Waals surface area contributed by atoms with Crippen molar-refractivity contribution in [1.82, 2.24) is 4.98 Å². The van der Waals surface area contributed by atoms with E-state index in [0.717, 1.165) is 11.3 Å². The number of hydrogen-bond donors (Lipinski definition) is 2. The van der Waals surface area contributed by atoms with Gasteiger partial charge in [-0.05, 0) is 36.8 Å². The van der Waals surface area contributed by atoms with Crippen LogP contribution in [0, 0.1) is 12.7 Å².